The van der Waals surface area contributed by atoms with Gasteiger partial charge >= 0.3 is 0 Å². The average molecular weight is 468 g/mol. The van der Waals surface area contributed by atoms with Gasteiger partial charge in [-0.1, -0.05) is 24.6 Å². The largest absolute Gasteiger partial charge is 0.399 e. The van der Waals surface area contributed by atoms with E-state index in [-0.39, 0.29) is 0 Å². The minimum Gasteiger partial charge on any atom is -0.399 e. The number of fused-ring (bicyclic) bond motifs is 1. The van der Waals surface area contributed by atoms with Crippen LogP contribution in [0.15, 0.2) is 72.9 Å². The van der Waals surface area contributed by atoms with Gasteiger partial charge in [-0.05, 0) is 80.0 Å². The molecule has 1 saturated heterocycles. The number of imide groups is 1. The predicted octanol–water partition coefficient (Wildman–Crippen LogP) is 4.72. The first-order valence-corrected chi connectivity index (χ1v) is 12.0. The van der Waals surface area contributed by atoms with E-state index in [0.29, 0.717) is 22.4 Å². The van der Waals surface area contributed by atoms with Crippen LogP contribution in [0.4, 0.5) is 22.7 Å². The van der Waals surface area contributed by atoms with E-state index in [1.807, 2.05) is 48.5 Å². The van der Waals surface area contributed by atoms with Gasteiger partial charge in [-0.2, -0.15) is 0 Å². The van der Waals surface area contributed by atoms with Crippen molar-refractivity contribution in [2.24, 2.45) is 0 Å². The molecule has 0 aliphatic carbocycles. The summed E-state index contributed by atoms with van der Waals surface area (Å²) >= 11 is 0. The number of hydrogen-bond acceptors (Lipinski definition) is 6. The van der Waals surface area contributed by atoms with Crippen molar-refractivity contribution >= 4 is 40.1 Å². The van der Waals surface area contributed by atoms with Gasteiger partial charge in [-0.25, -0.2) is 0 Å². The number of hydrogen-bond donors (Lipinski definition) is 4. The Morgan fingerprint density at radius 1 is 0.829 bits per heavy atom. The van der Waals surface area contributed by atoms with Crippen molar-refractivity contribution in [3.05, 3.63) is 89.6 Å². The molecule has 0 radical (unpaired) electrons. The van der Waals surface area contributed by atoms with Gasteiger partial charge in [0.15, 0.2) is 0 Å². The van der Waals surface area contributed by atoms with Crippen molar-refractivity contribution < 1.29 is 9.59 Å². The van der Waals surface area contributed by atoms with Gasteiger partial charge in [0.25, 0.3) is 11.8 Å². The highest BCUT2D eigenvalue weighted by Crippen LogP contribution is 2.29. The molecular formula is C28H29N5O2. The minimum absolute atomic E-state index is 0.396. The Balaban J connectivity index is 1.34. The van der Waals surface area contributed by atoms with Crippen molar-refractivity contribution in [3.63, 3.8) is 0 Å². The number of carbonyl (C=O) groups excluding carboxylic acids is 2. The van der Waals surface area contributed by atoms with Crippen LogP contribution >= 0.6 is 0 Å². The summed E-state index contributed by atoms with van der Waals surface area (Å²) in [5.74, 6) is -0.836. The van der Waals surface area contributed by atoms with Gasteiger partial charge in [-0.3, -0.25) is 19.8 Å². The molecule has 0 spiro atoms. The van der Waals surface area contributed by atoms with Crippen LogP contribution in [-0.2, 0) is 11.3 Å². The second kappa shape index (κ2) is 10.0. The van der Waals surface area contributed by atoms with Crippen molar-refractivity contribution in [2.45, 2.75) is 25.8 Å². The Labute approximate surface area is 205 Å². The molecular weight excluding hydrogens is 438 g/mol. The number of nitrogens with zero attached hydrogens (tertiary/aromatic N) is 1. The predicted molar refractivity (Wildman–Crippen MR) is 140 cm³/mol. The summed E-state index contributed by atoms with van der Waals surface area (Å²) in [5.41, 5.74) is 11.7. The highest BCUT2D eigenvalue weighted by molar-refractivity contribution is 6.31. The Morgan fingerprint density at radius 2 is 1.57 bits per heavy atom. The Bertz CT molecular complexity index is 1280. The molecule has 7 heteroatoms. The second-order valence-corrected chi connectivity index (χ2v) is 9.03. The third-order valence-corrected chi connectivity index (χ3v) is 6.39. The highest BCUT2D eigenvalue weighted by Gasteiger charge is 2.27. The normalized spacial score (nSPS) is 17.1. The Morgan fingerprint density at radius 3 is 2.34 bits per heavy atom. The number of benzene rings is 3. The van der Waals surface area contributed by atoms with Crippen molar-refractivity contribution in [3.8, 4) is 0 Å². The lowest BCUT2D eigenvalue weighted by molar-refractivity contribution is -0.114. The van der Waals surface area contributed by atoms with Gasteiger partial charge < -0.3 is 16.4 Å². The monoisotopic (exact) mass is 467 g/mol. The molecule has 0 atom stereocenters. The fourth-order valence-electron chi connectivity index (χ4n) is 4.57. The van der Waals surface area contributed by atoms with E-state index in [2.05, 4.69) is 33.0 Å². The smallest absolute Gasteiger partial charge is 0.260 e. The van der Waals surface area contributed by atoms with E-state index in [4.69, 9.17) is 5.73 Å². The molecule has 7 nitrogen and oxygen atoms in total. The summed E-state index contributed by atoms with van der Waals surface area (Å²) in [6.45, 7) is 3.28. The quantitative estimate of drug-likeness (QED) is 0.238. The fourth-order valence-corrected chi connectivity index (χ4v) is 4.57. The van der Waals surface area contributed by atoms with Gasteiger partial charge in [0.1, 0.15) is 0 Å². The molecule has 5 N–H and O–H groups in total. The van der Waals surface area contributed by atoms with Crippen LogP contribution in [0.3, 0.4) is 0 Å². The van der Waals surface area contributed by atoms with Crippen LogP contribution < -0.4 is 21.7 Å². The maximum Gasteiger partial charge on any atom is 0.260 e. The summed E-state index contributed by atoms with van der Waals surface area (Å²) < 4.78 is 0. The molecule has 5 rings (SSSR count). The Hall–Kier alpha value is -4.10. The maximum atomic E-state index is 12.7. The van der Waals surface area contributed by atoms with Crippen LogP contribution in [0, 0.1) is 0 Å². The molecule has 2 amide bonds. The molecule has 2 aliphatic heterocycles. The number of nitrogens with two attached hydrogens (primary N) is 1. The van der Waals surface area contributed by atoms with Crippen molar-refractivity contribution in [1.82, 2.24) is 10.2 Å². The first kappa shape index (κ1) is 22.7. The number of carbonyl (C=O) groups is 2. The molecule has 178 valence electrons. The van der Waals surface area contributed by atoms with Gasteiger partial charge in [-0.15, -0.1) is 0 Å². The standard InChI is InChI=1S/C28H29N5O2/c29-20-5-4-6-22(15-20)31-23-11-12-24-25(16-23)26(28(35)32-27(24)34)17-30-21-9-7-19(8-10-21)18-33-13-2-1-3-14-33/h4-12,15-17,30-31H,1-3,13-14,18,29H2,(H,32,34,35). The number of nitrogens with one attached hydrogen (secondary N) is 3. The maximum absolute atomic E-state index is 12.7. The molecule has 3 aromatic carbocycles. The van der Waals surface area contributed by atoms with Crippen LogP contribution in [0.25, 0.3) is 5.57 Å². The highest BCUT2D eigenvalue weighted by atomic mass is 16.2. The number of likely N-dealkylation sites (tertiary alicyclic amines) is 1. The summed E-state index contributed by atoms with van der Waals surface area (Å²) in [7, 11) is 0. The molecule has 0 saturated carbocycles. The first-order valence-electron chi connectivity index (χ1n) is 12.0. The lowest BCUT2D eigenvalue weighted by atomic mass is 9.94. The number of piperidine rings is 1. The van der Waals surface area contributed by atoms with Crippen molar-refractivity contribution in [1.29, 1.82) is 0 Å². The molecule has 3 aromatic rings. The fraction of sp³-hybridized carbons (Fsp3) is 0.214. The molecule has 2 heterocycles. The van der Waals surface area contributed by atoms with Crippen LogP contribution in [0.5, 0.6) is 0 Å². The number of rotatable bonds is 6. The van der Waals surface area contributed by atoms with Crippen LogP contribution in [0.1, 0.15) is 40.7 Å². The number of amides is 2. The molecule has 0 unspecified atom stereocenters. The minimum atomic E-state index is -0.433. The summed E-state index contributed by atoms with van der Waals surface area (Å²) in [6, 6.07) is 21.0. The molecule has 35 heavy (non-hydrogen) atoms. The average Bonchev–Trinajstić information content (AvgIpc) is 2.85. The zero-order chi connectivity index (χ0) is 24.2. The number of anilines is 4. The van der Waals surface area contributed by atoms with Crippen LogP contribution in [0.2, 0.25) is 0 Å². The van der Waals surface area contributed by atoms with Gasteiger partial charge in [0.05, 0.1) is 5.57 Å². The van der Waals surface area contributed by atoms with E-state index in [0.717, 1.165) is 36.7 Å². The number of nitrogen functional groups attached to an aromatic ring is 1. The summed E-state index contributed by atoms with van der Waals surface area (Å²) in [5, 5.41) is 8.93. The summed E-state index contributed by atoms with van der Waals surface area (Å²) in [6.07, 6.45) is 5.53. The third-order valence-electron chi connectivity index (χ3n) is 6.39. The van der Waals surface area contributed by atoms with E-state index in [1.54, 1.807) is 12.3 Å². The van der Waals surface area contributed by atoms with E-state index >= 15 is 0 Å². The zero-order valence-electron chi connectivity index (χ0n) is 19.5. The SMILES string of the molecule is Nc1cccc(Nc2ccc3c(c2)C(=CNc2ccc(CN4CCCCC4)cc2)C(=O)NC3=O)c1. The van der Waals surface area contributed by atoms with Crippen molar-refractivity contribution in [2.75, 3.05) is 29.5 Å². The van der Waals surface area contributed by atoms with Crippen LogP contribution in [-0.4, -0.2) is 29.8 Å². The molecule has 1 fully saturated rings. The lowest BCUT2D eigenvalue weighted by Gasteiger charge is -2.26. The lowest BCUT2D eigenvalue weighted by Crippen LogP contribution is -2.36. The second-order valence-electron chi connectivity index (χ2n) is 9.03. The van der Waals surface area contributed by atoms with Gasteiger partial charge in [0, 0.05) is 46.6 Å². The Kier molecular flexibility index (Phi) is 6.50. The topological polar surface area (TPSA) is 99.5 Å². The van der Waals surface area contributed by atoms with Gasteiger partial charge in [0.2, 0.25) is 0 Å². The molecule has 0 bridgehead atoms. The third kappa shape index (κ3) is 5.36. The molecule has 0 aromatic heterocycles. The molecule has 2 aliphatic rings. The summed E-state index contributed by atoms with van der Waals surface area (Å²) in [4.78, 5) is 27.6. The zero-order valence-corrected chi connectivity index (χ0v) is 19.5. The van der Waals surface area contributed by atoms with E-state index in [9.17, 15) is 9.59 Å². The first-order chi connectivity index (χ1) is 17.0. The van der Waals surface area contributed by atoms with E-state index < -0.39 is 11.8 Å². The van der Waals surface area contributed by atoms with E-state index in [1.165, 1.54) is 24.8 Å².